The van der Waals surface area contributed by atoms with E-state index in [1.807, 2.05) is 4.90 Å². The number of hydrogen-bond acceptors (Lipinski definition) is 6. The van der Waals surface area contributed by atoms with Crippen molar-refractivity contribution in [3.8, 4) is 0 Å². The zero-order valence-electron chi connectivity index (χ0n) is 15.7. The lowest BCUT2D eigenvalue weighted by molar-refractivity contribution is -0.143. The summed E-state index contributed by atoms with van der Waals surface area (Å²) in [6, 6.07) is 5.07. The third kappa shape index (κ3) is 6.80. The number of carbonyl (C=O) groups is 1. The lowest BCUT2D eigenvalue weighted by atomic mass is 10.1. The first kappa shape index (κ1) is 21.1. The van der Waals surface area contributed by atoms with Gasteiger partial charge in [-0.1, -0.05) is 12.1 Å². The van der Waals surface area contributed by atoms with Crippen molar-refractivity contribution < 1.29 is 23.4 Å². The van der Waals surface area contributed by atoms with Gasteiger partial charge in [0.25, 0.3) is 0 Å². The van der Waals surface area contributed by atoms with Gasteiger partial charge in [-0.2, -0.15) is 0 Å². The number of nitrogens with one attached hydrogen (secondary N) is 1. The van der Waals surface area contributed by atoms with Crippen molar-refractivity contribution in [2.24, 2.45) is 5.73 Å². The van der Waals surface area contributed by atoms with Crippen LogP contribution in [0.2, 0.25) is 0 Å². The summed E-state index contributed by atoms with van der Waals surface area (Å²) in [5.41, 5.74) is 5.97. The average Bonchev–Trinajstić information content (AvgIpc) is 2.64. The number of rotatable bonds is 10. The molecule has 1 aromatic rings. The van der Waals surface area contributed by atoms with Crippen molar-refractivity contribution in [2.75, 3.05) is 38.3 Å². The Kier molecular flexibility index (Phi) is 8.47. The number of nitrogens with two attached hydrogens (primary N) is 1. The molecule has 27 heavy (non-hydrogen) atoms. The van der Waals surface area contributed by atoms with Crippen molar-refractivity contribution >= 4 is 17.5 Å². The van der Waals surface area contributed by atoms with Crippen LogP contribution in [-0.2, 0) is 25.6 Å². The Morgan fingerprint density at radius 3 is 2.74 bits per heavy atom. The maximum atomic E-state index is 14.8. The molecule has 0 atom stereocenters. The monoisotopic (exact) mass is 381 g/mol. The first-order valence-electron chi connectivity index (χ1n) is 9.12. The van der Waals surface area contributed by atoms with Crippen LogP contribution in [-0.4, -0.2) is 51.3 Å². The van der Waals surface area contributed by atoms with Gasteiger partial charge < -0.3 is 24.8 Å². The first-order valence-corrected chi connectivity index (χ1v) is 9.12. The van der Waals surface area contributed by atoms with E-state index in [4.69, 9.17) is 25.4 Å². The highest BCUT2D eigenvalue weighted by atomic mass is 19.1. The summed E-state index contributed by atoms with van der Waals surface area (Å²) in [6.07, 6.45) is 2.44. The molecule has 7 nitrogen and oxygen atoms in total. The molecule has 0 unspecified atom stereocenters. The number of esters is 1. The van der Waals surface area contributed by atoms with Gasteiger partial charge in [-0.05, 0) is 25.3 Å². The Bertz CT molecular complexity index is 633. The summed E-state index contributed by atoms with van der Waals surface area (Å²) in [5, 5.41) is 7.08. The third-order valence-electron chi connectivity index (χ3n) is 4.41. The lowest BCUT2D eigenvalue weighted by Gasteiger charge is -2.34. The summed E-state index contributed by atoms with van der Waals surface area (Å²) in [7, 11) is 1.67. The van der Waals surface area contributed by atoms with E-state index < -0.39 is 5.97 Å². The SMILES string of the molecule is COCCCOC1CCN(c2cccc(COC(=O)CC(=N)N)c2F)CC1. The fourth-order valence-corrected chi connectivity index (χ4v) is 3.00. The largest absolute Gasteiger partial charge is 0.460 e. The Morgan fingerprint density at radius 2 is 2.07 bits per heavy atom. The molecule has 1 aromatic carbocycles. The van der Waals surface area contributed by atoms with Gasteiger partial charge >= 0.3 is 5.97 Å². The predicted molar refractivity (Wildman–Crippen MR) is 100 cm³/mol. The van der Waals surface area contributed by atoms with Crippen LogP contribution in [0.4, 0.5) is 10.1 Å². The zero-order chi connectivity index (χ0) is 19.6. The molecule has 0 spiro atoms. The van der Waals surface area contributed by atoms with Crippen molar-refractivity contribution in [3.05, 3.63) is 29.6 Å². The van der Waals surface area contributed by atoms with Crippen molar-refractivity contribution in [1.29, 1.82) is 5.41 Å². The number of carbonyl (C=O) groups excluding carboxylic acids is 1. The van der Waals surface area contributed by atoms with E-state index in [9.17, 15) is 9.18 Å². The number of halogens is 1. The lowest BCUT2D eigenvalue weighted by Crippen LogP contribution is -2.37. The Balaban J connectivity index is 1.86. The molecule has 150 valence electrons. The van der Waals surface area contributed by atoms with Crippen molar-refractivity contribution in [2.45, 2.75) is 38.4 Å². The molecule has 1 fully saturated rings. The number of anilines is 1. The fourth-order valence-electron chi connectivity index (χ4n) is 3.00. The number of ether oxygens (including phenoxy) is 3. The van der Waals surface area contributed by atoms with Crippen molar-refractivity contribution in [3.63, 3.8) is 0 Å². The molecule has 8 heteroatoms. The second-order valence-corrected chi connectivity index (χ2v) is 6.52. The molecule has 1 saturated heterocycles. The summed E-state index contributed by atoms with van der Waals surface area (Å²) in [6.45, 7) is 2.60. The summed E-state index contributed by atoms with van der Waals surface area (Å²) in [5.74, 6) is -1.30. The molecular weight excluding hydrogens is 353 g/mol. The molecule has 0 aliphatic carbocycles. The Morgan fingerprint density at radius 1 is 1.33 bits per heavy atom. The van der Waals surface area contributed by atoms with Gasteiger partial charge in [0.05, 0.1) is 11.8 Å². The van der Waals surface area contributed by atoms with E-state index in [1.54, 1.807) is 25.3 Å². The highest BCUT2D eigenvalue weighted by Crippen LogP contribution is 2.26. The maximum Gasteiger partial charge on any atom is 0.313 e. The van der Waals surface area contributed by atoms with Gasteiger partial charge in [0.1, 0.15) is 18.9 Å². The topological polar surface area (TPSA) is 97.9 Å². The van der Waals surface area contributed by atoms with Crippen LogP contribution in [0.1, 0.15) is 31.2 Å². The van der Waals surface area contributed by atoms with Gasteiger partial charge in [0.15, 0.2) is 5.82 Å². The van der Waals surface area contributed by atoms with Crippen LogP contribution in [0.25, 0.3) is 0 Å². The van der Waals surface area contributed by atoms with E-state index in [2.05, 4.69) is 0 Å². The Labute approximate surface area is 159 Å². The standard InChI is InChI=1S/C19H28FN3O4/c1-25-10-3-11-26-15-6-8-23(9-7-15)16-5-2-4-14(19(16)20)13-27-18(24)12-17(21)22/h2,4-5,15H,3,6-13H2,1H3,(H3,21,22). The predicted octanol–water partition coefficient (Wildman–Crippen LogP) is 2.22. The number of nitrogens with zero attached hydrogens (tertiary/aromatic N) is 1. The highest BCUT2D eigenvalue weighted by Gasteiger charge is 2.23. The zero-order valence-corrected chi connectivity index (χ0v) is 15.7. The average molecular weight is 381 g/mol. The van der Waals surface area contributed by atoms with E-state index in [1.165, 1.54) is 0 Å². The minimum Gasteiger partial charge on any atom is -0.460 e. The second-order valence-electron chi connectivity index (χ2n) is 6.52. The van der Waals surface area contributed by atoms with Gasteiger partial charge in [0.2, 0.25) is 0 Å². The van der Waals surface area contributed by atoms with Gasteiger partial charge in [-0.3, -0.25) is 10.2 Å². The van der Waals surface area contributed by atoms with E-state index in [0.29, 0.717) is 37.6 Å². The second kappa shape index (κ2) is 10.8. The van der Waals surface area contributed by atoms with Gasteiger partial charge in [-0.25, -0.2) is 4.39 Å². The number of piperidine rings is 1. The van der Waals surface area contributed by atoms with E-state index in [-0.39, 0.29) is 30.8 Å². The van der Waals surface area contributed by atoms with Crippen LogP contribution in [0.15, 0.2) is 18.2 Å². The summed E-state index contributed by atoms with van der Waals surface area (Å²) >= 11 is 0. The number of methoxy groups -OCH3 is 1. The smallest absolute Gasteiger partial charge is 0.313 e. The first-order chi connectivity index (χ1) is 13.0. The van der Waals surface area contributed by atoms with Crippen molar-refractivity contribution in [1.82, 2.24) is 0 Å². The molecular formula is C19H28FN3O4. The molecule has 0 saturated carbocycles. The quantitative estimate of drug-likeness (QED) is 0.279. The van der Waals surface area contributed by atoms with Crippen LogP contribution in [0.3, 0.4) is 0 Å². The van der Waals surface area contributed by atoms with Crippen LogP contribution >= 0.6 is 0 Å². The minimum absolute atomic E-state index is 0.176. The number of benzene rings is 1. The molecule has 0 amide bonds. The third-order valence-corrected chi connectivity index (χ3v) is 4.41. The molecule has 3 N–H and O–H groups in total. The molecule has 0 bridgehead atoms. The van der Waals surface area contributed by atoms with E-state index in [0.717, 1.165) is 19.3 Å². The minimum atomic E-state index is -0.640. The van der Waals surface area contributed by atoms with E-state index >= 15 is 0 Å². The Hall–Kier alpha value is -2.19. The highest BCUT2D eigenvalue weighted by molar-refractivity contribution is 5.94. The normalized spacial score (nSPS) is 15.0. The molecule has 2 rings (SSSR count). The summed E-state index contributed by atoms with van der Waals surface area (Å²) in [4.78, 5) is 13.5. The molecule has 0 radical (unpaired) electrons. The fraction of sp³-hybridized carbons (Fsp3) is 0.579. The molecule has 1 aliphatic rings. The molecule has 0 aromatic heterocycles. The van der Waals surface area contributed by atoms with Crippen LogP contribution in [0, 0.1) is 11.2 Å². The maximum absolute atomic E-state index is 14.8. The molecule has 1 heterocycles. The van der Waals surface area contributed by atoms with Crippen LogP contribution in [0.5, 0.6) is 0 Å². The summed E-state index contributed by atoms with van der Waals surface area (Å²) < 4.78 is 30.6. The van der Waals surface area contributed by atoms with Gasteiger partial charge in [-0.15, -0.1) is 0 Å². The van der Waals surface area contributed by atoms with Crippen LogP contribution < -0.4 is 10.6 Å². The number of amidine groups is 1. The molecule has 1 aliphatic heterocycles. The number of hydrogen-bond donors (Lipinski definition) is 2. The van der Waals surface area contributed by atoms with Gasteiger partial charge in [0, 0.05) is 39.0 Å².